The molecule has 3 aromatic rings. The van der Waals surface area contributed by atoms with Crippen LogP contribution in [0.15, 0.2) is 84.9 Å². The zero-order chi connectivity index (χ0) is 21.2. The van der Waals surface area contributed by atoms with Crippen LogP contribution in [0.3, 0.4) is 0 Å². The maximum absolute atomic E-state index is 10.9. The van der Waals surface area contributed by atoms with Crippen molar-refractivity contribution >= 4 is 11.4 Å². The van der Waals surface area contributed by atoms with Gasteiger partial charge < -0.3 is 5.32 Å². The van der Waals surface area contributed by atoms with Gasteiger partial charge in [0.1, 0.15) is 5.69 Å². The second kappa shape index (κ2) is 10.7. The first-order valence-electron chi connectivity index (χ1n) is 10.4. The van der Waals surface area contributed by atoms with Crippen LogP contribution in [-0.2, 0) is 13.0 Å². The number of nitrogens with one attached hydrogen (secondary N) is 1. The Hall–Kier alpha value is -3.02. The lowest BCUT2D eigenvalue weighted by molar-refractivity contribution is -0.384. The first-order chi connectivity index (χ1) is 14.6. The van der Waals surface area contributed by atoms with Gasteiger partial charge in [0.15, 0.2) is 0 Å². The molecule has 0 radical (unpaired) electrons. The van der Waals surface area contributed by atoms with Crippen molar-refractivity contribution in [3.63, 3.8) is 0 Å². The SMILES string of the molecule is C[N+](CCCNCc1cccc([N+](=O)[O-])c1)(CCc1ccccc1)c1ccccc1. The predicted octanol–water partition coefficient (Wildman–Crippen LogP) is 4.95. The van der Waals surface area contributed by atoms with Gasteiger partial charge in [-0.15, -0.1) is 0 Å². The van der Waals surface area contributed by atoms with Crippen LogP contribution in [0.2, 0.25) is 0 Å². The molecule has 5 nitrogen and oxygen atoms in total. The van der Waals surface area contributed by atoms with Crippen LogP contribution >= 0.6 is 0 Å². The molecule has 0 saturated heterocycles. The third kappa shape index (κ3) is 6.24. The third-order valence-electron chi connectivity index (χ3n) is 5.57. The number of quaternary nitrogens is 1. The van der Waals surface area contributed by atoms with E-state index >= 15 is 0 Å². The molecule has 0 amide bonds. The number of hydrogen-bond acceptors (Lipinski definition) is 3. The van der Waals surface area contributed by atoms with Gasteiger partial charge in [0.2, 0.25) is 0 Å². The van der Waals surface area contributed by atoms with Crippen molar-refractivity contribution in [2.75, 3.05) is 26.7 Å². The maximum atomic E-state index is 10.9. The summed E-state index contributed by atoms with van der Waals surface area (Å²) in [6, 6.07) is 28.1. The molecule has 156 valence electrons. The van der Waals surface area contributed by atoms with E-state index < -0.39 is 0 Å². The number of benzene rings is 3. The van der Waals surface area contributed by atoms with Gasteiger partial charge in [-0.2, -0.15) is 0 Å². The topological polar surface area (TPSA) is 55.2 Å². The molecule has 1 N–H and O–H groups in total. The third-order valence-corrected chi connectivity index (χ3v) is 5.57. The molecule has 3 rings (SSSR count). The minimum Gasteiger partial charge on any atom is -0.312 e. The van der Waals surface area contributed by atoms with E-state index in [1.54, 1.807) is 12.1 Å². The van der Waals surface area contributed by atoms with Crippen molar-refractivity contribution in [3.05, 3.63) is 106 Å². The number of rotatable bonds is 11. The van der Waals surface area contributed by atoms with Gasteiger partial charge >= 0.3 is 0 Å². The van der Waals surface area contributed by atoms with Crippen LogP contribution in [-0.4, -0.2) is 31.6 Å². The Balaban J connectivity index is 1.54. The molecule has 3 aromatic carbocycles. The average molecular weight is 405 g/mol. The Labute approximate surface area is 178 Å². The molecular weight excluding hydrogens is 374 g/mol. The predicted molar refractivity (Wildman–Crippen MR) is 123 cm³/mol. The minimum absolute atomic E-state index is 0.142. The number of para-hydroxylation sites is 1. The summed E-state index contributed by atoms with van der Waals surface area (Å²) < 4.78 is 0.883. The molecule has 0 aromatic heterocycles. The zero-order valence-corrected chi connectivity index (χ0v) is 17.5. The van der Waals surface area contributed by atoms with E-state index in [-0.39, 0.29) is 10.6 Å². The molecular formula is C25H30N3O2+. The van der Waals surface area contributed by atoms with Gasteiger partial charge in [-0.3, -0.25) is 14.6 Å². The highest BCUT2D eigenvalue weighted by atomic mass is 16.6. The number of likely N-dealkylation sites (N-methyl/N-ethyl adjacent to an activating group) is 1. The lowest BCUT2D eigenvalue weighted by atomic mass is 10.1. The summed E-state index contributed by atoms with van der Waals surface area (Å²) in [5.41, 5.74) is 3.77. The van der Waals surface area contributed by atoms with E-state index in [2.05, 4.69) is 73.0 Å². The fourth-order valence-electron chi connectivity index (χ4n) is 3.74. The molecule has 5 heteroatoms. The largest absolute Gasteiger partial charge is 0.312 e. The molecule has 0 spiro atoms. The van der Waals surface area contributed by atoms with E-state index in [9.17, 15) is 10.1 Å². The van der Waals surface area contributed by atoms with Crippen molar-refractivity contribution in [3.8, 4) is 0 Å². The molecule has 0 heterocycles. The molecule has 1 atom stereocenters. The summed E-state index contributed by atoms with van der Waals surface area (Å²) in [4.78, 5) is 10.6. The molecule has 0 aliphatic rings. The van der Waals surface area contributed by atoms with Crippen LogP contribution in [0.5, 0.6) is 0 Å². The Morgan fingerprint density at radius 1 is 0.867 bits per heavy atom. The number of nitro groups is 1. The van der Waals surface area contributed by atoms with Crippen LogP contribution in [0.1, 0.15) is 17.5 Å². The second-order valence-electron chi connectivity index (χ2n) is 7.87. The highest BCUT2D eigenvalue weighted by Gasteiger charge is 2.24. The number of nitrogens with zero attached hydrogens (tertiary/aromatic N) is 2. The van der Waals surface area contributed by atoms with Gasteiger partial charge in [0.25, 0.3) is 5.69 Å². The van der Waals surface area contributed by atoms with Crippen molar-refractivity contribution in [1.82, 2.24) is 9.80 Å². The average Bonchev–Trinajstić information content (AvgIpc) is 2.79. The lowest BCUT2D eigenvalue weighted by Gasteiger charge is -2.34. The Morgan fingerprint density at radius 2 is 1.53 bits per heavy atom. The van der Waals surface area contributed by atoms with E-state index in [4.69, 9.17) is 0 Å². The van der Waals surface area contributed by atoms with Crippen LogP contribution in [0, 0.1) is 10.1 Å². The van der Waals surface area contributed by atoms with Crippen molar-refractivity contribution in [1.29, 1.82) is 0 Å². The van der Waals surface area contributed by atoms with Crippen LogP contribution < -0.4 is 9.80 Å². The monoisotopic (exact) mass is 404 g/mol. The minimum atomic E-state index is -0.348. The van der Waals surface area contributed by atoms with Gasteiger partial charge in [-0.05, 0) is 23.3 Å². The first-order valence-corrected chi connectivity index (χ1v) is 10.4. The second-order valence-corrected chi connectivity index (χ2v) is 7.87. The van der Waals surface area contributed by atoms with E-state index in [0.29, 0.717) is 6.54 Å². The normalized spacial score (nSPS) is 13.0. The van der Waals surface area contributed by atoms with E-state index in [1.807, 2.05) is 6.07 Å². The molecule has 30 heavy (non-hydrogen) atoms. The molecule has 1 unspecified atom stereocenters. The first kappa shape index (κ1) is 21.7. The standard InChI is InChI=1S/C25H30N3O2/c1-28(25-14-6-3-7-15-25,19-16-22-10-4-2-5-11-22)18-9-17-26-21-23-12-8-13-24(20-23)27(29)30/h2-8,10-15,20,26H,9,16-19,21H2,1H3/q+1. The fourth-order valence-corrected chi connectivity index (χ4v) is 3.74. The maximum Gasteiger partial charge on any atom is 0.269 e. The number of nitro benzene ring substituents is 1. The van der Waals surface area contributed by atoms with Crippen LogP contribution in [0.25, 0.3) is 0 Å². The van der Waals surface area contributed by atoms with Gasteiger partial charge in [0, 0.05) is 38.1 Å². The fraction of sp³-hybridized carbons (Fsp3) is 0.280. The van der Waals surface area contributed by atoms with Crippen molar-refractivity contribution < 1.29 is 4.92 Å². The summed E-state index contributed by atoms with van der Waals surface area (Å²) in [6.45, 7) is 3.58. The van der Waals surface area contributed by atoms with E-state index in [1.165, 1.54) is 17.3 Å². The highest BCUT2D eigenvalue weighted by molar-refractivity contribution is 5.42. The van der Waals surface area contributed by atoms with Crippen molar-refractivity contribution in [2.24, 2.45) is 0 Å². The summed E-state index contributed by atoms with van der Waals surface area (Å²) in [5, 5.41) is 14.4. The number of hydrogen-bond donors (Lipinski definition) is 1. The highest BCUT2D eigenvalue weighted by Crippen LogP contribution is 2.22. The molecule has 0 aliphatic heterocycles. The summed E-state index contributed by atoms with van der Waals surface area (Å²) in [6.07, 6.45) is 2.06. The molecule has 0 aliphatic carbocycles. The summed E-state index contributed by atoms with van der Waals surface area (Å²) in [7, 11) is 2.30. The zero-order valence-electron chi connectivity index (χ0n) is 17.5. The summed E-state index contributed by atoms with van der Waals surface area (Å²) in [5.74, 6) is 0. The van der Waals surface area contributed by atoms with Gasteiger partial charge in [-0.1, -0.05) is 60.7 Å². The smallest absolute Gasteiger partial charge is 0.269 e. The molecule has 0 bridgehead atoms. The van der Waals surface area contributed by atoms with Gasteiger partial charge in [-0.25, -0.2) is 0 Å². The molecule has 0 saturated carbocycles. The quantitative estimate of drug-likeness (QED) is 0.213. The Kier molecular flexibility index (Phi) is 7.71. The van der Waals surface area contributed by atoms with Crippen LogP contribution in [0.4, 0.5) is 11.4 Å². The van der Waals surface area contributed by atoms with E-state index in [0.717, 1.165) is 42.5 Å². The Bertz CT molecular complexity index is 931. The van der Waals surface area contributed by atoms with Crippen molar-refractivity contribution in [2.45, 2.75) is 19.4 Å². The lowest BCUT2D eigenvalue weighted by Crippen LogP contribution is -2.48. The Morgan fingerprint density at radius 3 is 2.23 bits per heavy atom. The molecule has 0 fully saturated rings. The summed E-state index contributed by atoms with van der Waals surface area (Å²) >= 11 is 0. The van der Waals surface area contributed by atoms with Gasteiger partial charge in [0.05, 0.1) is 25.1 Å². The number of non-ortho nitro benzene ring substituents is 1.